The Balaban J connectivity index is 1.97. The van der Waals surface area contributed by atoms with E-state index >= 15 is 0 Å². The molecule has 2 nitrogen and oxygen atoms in total. The number of hydrogen-bond donors (Lipinski definition) is 0. The van der Waals surface area contributed by atoms with Crippen LogP contribution in [0.5, 0.6) is 0 Å². The Hall–Kier alpha value is -0.530. The summed E-state index contributed by atoms with van der Waals surface area (Å²) in [7, 11) is 0. The molecule has 3 unspecified atom stereocenters. The van der Waals surface area contributed by atoms with Gasteiger partial charge in [0.05, 0.1) is 0 Å². The molecule has 2 rings (SSSR count). The van der Waals surface area contributed by atoms with E-state index in [9.17, 15) is 4.79 Å². The number of hydrogen-bond acceptors (Lipinski definition) is 1. The molecule has 1 amide bonds. The third kappa shape index (κ3) is 2.11. The van der Waals surface area contributed by atoms with Crippen molar-refractivity contribution in [3.05, 3.63) is 0 Å². The van der Waals surface area contributed by atoms with Crippen molar-refractivity contribution in [2.75, 3.05) is 6.54 Å². The number of carbonyl (C=O) groups excluding carboxylic acids is 1. The first-order valence-electron chi connectivity index (χ1n) is 6.94. The van der Waals surface area contributed by atoms with Gasteiger partial charge in [-0.25, -0.2) is 0 Å². The van der Waals surface area contributed by atoms with Crippen LogP contribution in [0.2, 0.25) is 0 Å². The molecular weight excluding hydrogens is 198 g/mol. The molecular formula is C14H25NO. The lowest BCUT2D eigenvalue weighted by molar-refractivity contribution is -0.136. The van der Waals surface area contributed by atoms with Gasteiger partial charge < -0.3 is 4.90 Å². The molecule has 1 aliphatic heterocycles. The topological polar surface area (TPSA) is 20.3 Å². The van der Waals surface area contributed by atoms with Crippen molar-refractivity contribution in [1.29, 1.82) is 0 Å². The number of nitrogens with zero attached hydrogens (tertiary/aromatic N) is 1. The van der Waals surface area contributed by atoms with Crippen LogP contribution in [0, 0.1) is 17.8 Å². The molecule has 2 aliphatic rings. The van der Waals surface area contributed by atoms with E-state index in [2.05, 4.69) is 25.7 Å². The maximum absolute atomic E-state index is 12.4. The van der Waals surface area contributed by atoms with Crippen molar-refractivity contribution in [3.63, 3.8) is 0 Å². The van der Waals surface area contributed by atoms with Crippen molar-refractivity contribution in [1.82, 2.24) is 4.90 Å². The van der Waals surface area contributed by atoms with Gasteiger partial charge in [-0.15, -0.1) is 0 Å². The smallest absolute Gasteiger partial charge is 0.225 e. The third-order valence-electron chi connectivity index (χ3n) is 4.76. The van der Waals surface area contributed by atoms with Crippen LogP contribution in [0.1, 0.15) is 52.9 Å². The van der Waals surface area contributed by atoms with Crippen LogP contribution >= 0.6 is 0 Å². The first kappa shape index (κ1) is 11.9. The van der Waals surface area contributed by atoms with E-state index in [1.807, 2.05) is 0 Å². The molecule has 0 radical (unpaired) electrons. The first-order valence-corrected chi connectivity index (χ1v) is 6.94. The fraction of sp³-hybridized carbons (Fsp3) is 0.929. The van der Waals surface area contributed by atoms with Gasteiger partial charge in [-0.2, -0.15) is 0 Å². The summed E-state index contributed by atoms with van der Waals surface area (Å²) in [4.78, 5) is 14.6. The molecule has 16 heavy (non-hydrogen) atoms. The highest BCUT2D eigenvalue weighted by atomic mass is 16.2. The minimum absolute atomic E-state index is 0.331. The number of amides is 1. The molecule has 0 spiro atoms. The van der Waals surface area contributed by atoms with Crippen LogP contribution in [0.3, 0.4) is 0 Å². The molecule has 1 aliphatic carbocycles. The van der Waals surface area contributed by atoms with Crippen molar-refractivity contribution in [2.45, 2.75) is 58.9 Å². The highest BCUT2D eigenvalue weighted by molar-refractivity contribution is 5.79. The Morgan fingerprint density at radius 2 is 1.88 bits per heavy atom. The van der Waals surface area contributed by atoms with Crippen LogP contribution in [-0.4, -0.2) is 23.4 Å². The van der Waals surface area contributed by atoms with Gasteiger partial charge in [0, 0.05) is 18.5 Å². The van der Waals surface area contributed by atoms with Gasteiger partial charge in [0.1, 0.15) is 0 Å². The highest BCUT2D eigenvalue weighted by Crippen LogP contribution is 2.38. The lowest BCUT2D eigenvalue weighted by atomic mass is 10.0. The molecule has 0 N–H and O–H groups in total. The van der Waals surface area contributed by atoms with Gasteiger partial charge in [-0.05, 0) is 43.9 Å². The van der Waals surface area contributed by atoms with Crippen LogP contribution < -0.4 is 0 Å². The SMILES string of the molecule is CCC1CCCN1C(=O)C1CC(C)C(C)C1. The molecule has 1 heterocycles. The average molecular weight is 223 g/mol. The Kier molecular flexibility index (Phi) is 3.56. The summed E-state index contributed by atoms with van der Waals surface area (Å²) in [5, 5.41) is 0. The second-order valence-electron chi connectivity index (χ2n) is 5.86. The molecule has 0 aromatic heterocycles. The summed E-state index contributed by atoms with van der Waals surface area (Å²) >= 11 is 0. The van der Waals surface area contributed by atoms with Crippen molar-refractivity contribution in [2.24, 2.45) is 17.8 Å². The predicted molar refractivity (Wildman–Crippen MR) is 66.1 cm³/mol. The molecule has 92 valence electrons. The lowest BCUT2D eigenvalue weighted by Crippen LogP contribution is -2.38. The van der Waals surface area contributed by atoms with Gasteiger partial charge in [0.15, 0.2) is 0 Å². The zero-order valence-electron chi connectivity index (χ0n) is 10.9. The molecule has 2 heteroatoms. The number of rotatable bonds is 2. The zero-order valence-corrected chi connectivity index (χ0v) is 10.9. The van der Waals surface area contributed by atoms with Gasteiger partial charge in [0.2, 0.25) is 5.91 Å². The zero-order chi connectivity index (χ0) is 11.7. The van der Waals surface area contributed by atoms with E-state index in [0.717, 1.165) is 37.6 Å². The normalized spacial score (nSPS) is 39.3. The number of carbonyl (C=O) groups is 1. The van der Waals surface area contributed by atoms with Crippen LogP contribution in [-0.2, 0) is 4.79 Å². The molecule has 3 atom stereocenters. The molecule has 0 aromatic rings. The van der Waals surface area contributed by atoms with Crippen LogP contribution in [0.4, 0.5) is 0 Å². The summed E-state index contributed by atoms with van der Waals surface area (Å²) < 4.78 is 0. The van der Waals surface area contributed by atoms with E-state index in [1.165, 1.54) is 12.8 Å². The summed E-state index contributed by atoms with van der Waals surface area (Å²) in [6, 6.07) is 0.540. The second kappa shape index (κ2) is 4.77. The Morgan fingerprint density at radius 3 is 2.44 bits per heavy atom. The van der Waals surface area contributed by atoms with Crippen LogP contribution in [0.25, 0.3) is 0 Å². The summed E-state index contributed by atoms with van der Waals surface area (Å²) in [6.07, 6.45) is 5.80. The summed E-state index contributed by atoms with van der Waals surface area (Å²) in [5.74, 6) is 2.26. The Bertz CT molecular complexity index is 253. The maximum Gasteiger partial charge on any atom is 0.225 e. The van der Waals surface area contributed by atoms with E-state index in [0.29, 0.717) is 17.9 Å². The molecule has 0 aromatic carbocycles. The Morgan fingerprint density at radius 1 is 1.25 bits per heavy atom. The Labute approximate surface area is 99.4 Å². The van der Waals surface area contributed by atoms with Gasteiger partial charge >= 0.3 is 0 Å². The molecule has 0 bridgehead atoms. The standard InChI is InChI=1S/C14H25NO/c1-4-13-6-5-7-15(13)14(16)12-8-10(2)11(3)9-12/h10-13H,4-9H2,1-3H3. The average Bonchev–Trinajstić information content (AvgIpc) is 2.85. The quantitative estimate of drug-likeness (QED) is 0.704. The fourth-order valence-electron chi connectivity index (χ4n) is 3.44. The fourth-order valence-corrected chi connectivity index (χ4v) is 3.44. The number of likely N-dealkylation sites (tertiary alicyclic amines) is 1. The summed E-state index contributed by atoms with van der Waals surface area (Å²) in [5.41, 5.74) is 0. The minimum Gasteiger partial charge on any atom is -0.339 e. The van der Waals surface area contributed by atoms with E-state index in [-0.39, 0.29) is 0 Å². The minimum atomic E-state index is 0.331. The lowest BCUT2D eigenvalue weighted by Gasteiger charge is -2.26. The second-order valence-corrected chi connectivity index (χ2v) is 5.86. The highest BCUT2D eigenvalue weighted by Gasteiger charge is 2.37. The molecule has 1 saturated carbocycles. The third-order valence-corrected chi connectivity index (χ3v) is 4.76. The van der Waals surface area contributed by atoms with Crippen molar-refractivity contribution < 1.29 is 4.79 Å². The first-order chi connectivity index (χ1) is 7.63. The van der Waals surface area contributed by atoms with Crippen LogP contribution in [0.15, 0.2) is 0 Å². The van der Waals surface area contributed by atoms with Gasteiger partial charge in [-0.3, -0.25) is 4.79 Å². The monoisotopic (exact) mass is 223 g/mol. The van der Waals surface area contributed by atoms with E-state index in [4.69, 9.17) is 0 Å². The summed E-state index contributed by atoms with van der Waals surface area (Å²) in [6.45, 7) is 7.80. The van der Waals surface area contributed by atoms with Gasteiger partial charge in [0.25, 0.3) is 0 Å². The predicted octanol–water partition coefficient (Wildman–Crippen LogP) is 3.07. The maximum atomic E-state index is 12.4. The molecule has 2 fully saturated rings. The van der Waals surface area contributed by atoms with Crippen molar-refractivity contribution in [3.8, 4) is 0 Å². The van der Waals surface area contributed by atoms with Gasteiger partial charge in [-0.1, -0.05) is 20.8 Å². The molecule has 1 saturated heterocycles. The van der Waals surface area contributed by atoms with E-state index < -0.39 is 0 Å². The largest absolute Gasteiger partial charge is 0.339 e. The van der Waals surface area contributed by atoms with Crippen molar-refractivity contribution >= 4 is 5.91 Å². The van der Waals surface area contributed by atoms with E-state index in [1.54, 1.807) is 0 Å².